The van der Waals surface area contributed by atoms with Gasteiger partial charge in [0.25, 0.3) is 5.69 Å². The highest BCUT2D eigenvalue weighted by Crippen LogP contribution is 2.29. The number of carbonyl (C=O) groups is 2. The largest absolute Gasteiger partial charge is 0.461 e. The monoisotopic (exact) mass is 401 g/mol. The van der Waals surface area contributed by atoms with Crippen LogP contribution in [0.4, 0.5) is 5.69 Å². The predicted molar refractivity (Wildman–Crippen MR) is 104 cm³/mol. The number of thiazole rings is 1. The van der Waals surface area contributed by atoms with Crippen molar-refractivity contribution in [3.63, 3.8) is 0 Å². The molecule has 0 atom stereocenters. The van der Waals surface area contributed by atoms with Crippen LogP contribution in [0.3, 0.4) is 0 Å². The molecule has 0 saturated heterocycles. The summed E-state index contributed by atoms with van der Waals surface area (Å²) in [6.45, 7) is 2.35. The van der Waals surface area contributed by atoms with Gasteiger partial charge in [0.05, 0.1) is 18.1 Å². The van der Waals surface area contributed by atoms with Gasteiger partial charge in [-0.05, 0) is 43.5 Å². The first-order valence-corrected chi connectivity index (χ1v) is 9.70. The van der Waals surface area contributed by atoms with E-state index in [1.807, 2.05) is 0 Å². The number of rotatable bonds is 8. The first kappa shape index (κ1) is 19.7. The summed E-state index contributed by atoms with van der Waals surface area (Å²) in [6.07, 6.45) is 4.97. The summed E-state index contributed by atoms with van der Waals surface area (Å²) in [6, 6.07) is 6.15. The van der Waals surface area contributed by atoms with Gasteiger partial charge in [0.2, 0.25) is 5.91 Å². The molecule has 28 heavy (non-hydrogen) atoms. The van der Waals surface area contributed by atoms with E-state index in [-0.39, 0.29) is 29.9 Å². The summed E-state index contributed by atoms with van der Waals surface area (Å²) < 4.78 is 4.94. The van der Waals surface area contributed by atoms with E-state index in [0.717, 1.165) is 12.8 Å². The van der Waals surface area contributed by atoms with Gasteiger partial charge >= 0.3 is 5.97 Å². The second-order valence-electron chi connectivity index (χ2n) is 6.23. The summed E-state index contributed by atoms with van der Waals surface area (Å²) in [4.78, 5) is 40.6. The van der Waals surface area contributed by atoms with Crippen LogP contribution in [0.1, 0.15) is 40.8 Å². The minimum absolute atomic E-state index is 0.00394. The lowest BCUT2D eigenvalue weighted by molar-refractivity contribution is -0.384. The van der Waals surface area contributed by atoms with E-state index in [1.54, 1.807) is 35.4 Å². The van der Waals surface area contributed by atoms with Crippen LogP contribution < -0.4 is 0 Å². The lowest BCUT2D eigenvalue weighted by Crippen LogP contribution is -2.31. The number of nitrogens with zero attached hydrogens (tertiary/aromatic N) is 3. The number of aromatic nitrogens is 1. The highest BCUT2D eigenvalue weighted by molar-refractivity contribution is 7.09. The van der Waals surface area contributed by atoms with E-state index in [2.05, 4.69) is 4.98 Å². The molecule has 1 amide bonds. The van der Waals surface area contributed by atoms with Crippen LogP contribution in [-0.2, 0) is 16.1 Å². The molecule has 0 N–H and O–H groups in total. The summed E-state index contributed by atoms with van der Waals surface area (Å²) in [5.74, 6) is -0.624. The number of hydrogen-bond acceptors (Lipinski definition) is 7. The standard InChI is InChI=1S/C19H19N3O5S/c1-2-27-19(24)16-12-28-17(20-16)11-21(14-8-9-14)18(23)10-5-13-3-6-15(7-4-13)22(25)26/h3-7,10,12,14H,2,8-9,11H2,1H3/b10-5+. The van der Waals surface area contributed by atoms with Crippen molar-refractivity contribution in [3.05, 3.63) is 62.1 Å². The Morgan fingerprint density at radius 1 is 1.36 bits per heavy atom. The van der Waals surface area contributed by atoms with E-state index in [1.165, 1.54) is 29.5 Å². The van der Waals surface area contributed by atoms with Crippen molar-refractivity contribution in [1.82, 2.24) is 9.88 Å². The molecule has 1 aliphatic rings. The van der Waals surface area contributed by atoms with E-state index >= 15 is 0 Å². The second-order valence-corrected chi connectivity index (χ2v) is 7.17. The topological polar surface area (TPSA) is 103 Å². The van der Waals surface area contributed by atoms with Gasteiger partial charge in [-0.15, -0.1) is 11.3 Å². The first-order valence-electron chi connectivity index (χ1n) is 8.82. The molecule has 0 spiro atoms. The van der Waals surface area contributed by atoms with E-state index in [4.69, 9.17) is 4.74 Å². The van der Waals surface area contributed by atoms with Crippen molar-refractivity contribution >= 4 is 35.0 Å². The molecule has 1 heterocycles. The average molecular weight is 401 g/mol. The highest BCUT2D eigenvalue weighted by Gasteiger charge is 2.32. The van der Waals surface area contributed by atoms with Crippen LogP contribution in [0.2, 0.25) is 0 Å². The summed E-state index contributed by atoms with van der Waals surface area (Å²) in [5, 5.41) is 13.0. The number of benzene rings is 1. The molecule has 1 aromatic heterocycles. The number of non-ortho nitro benzene ring substituents is 1. The Hall–Kier alpha value is -3.07. The smallest absolute Gasteiger partial charge is 0.357 e. The Balaban J connectivity index is 1.66. The molecule has 3 rings (SSSR count). The normalized spacial score (nSPS) is 13.5. The third-order valence-corrected chi connectivity index (χ3v) is 4.97. The molecular formula is C19H19N3O5S. The summed E-state index contributed by atoms with van der Waals surface area (Å²) in [5.41, 5.74) is 0.962. The number of nitro benzene ring substituents is 1. The zero-order valence-corrected chi connectivity index (χ0v) is 16.1. The molecule has 0 unspecified atom stereocenters. The number of hydrogen-bond donors (Lipinski definition) is 0. The molecule has 0 aliphatic heterocycles. The van der Waals surface area contributed by atoms with Gasteiger partial charge in [-0.2, -0.15) is 0 Å². The summed E-state index contributed by atoms with van der Waals surface area (Å²) in [7, 11) is 0. The number of carbonyl (C=O) groups excluding carboxylic acids is 2. The van der Waals surface area contributed by atoms with Gasteiger partial charge < -0.3 is 9.64 Å². The van der Waals surface area contributed by atoms with Crippen molar-refractivity contribution in [1.29, 1.82) is 0 Å². The molecule has 2 aromatic rings. The third kappa shape index (κ3) is 5.01. The van der Waals surface area contributed by atoms with Crippen molar-refractivity contribution in [2.24, 2.45) is 0 Å². The first-order chi connectivity index (χ1) is 13.5. The quantitative estimate of drug-likeness (QED) is 0.291. The Labute approximate surface area is 165 Å². The number of nitro groups is 1. The SMILES string of the molecule is CCOC(=O)c1csc(CN(C(=O)/C=C/c2ccc([N+](=O)[O-])cc2)C2CC2)n1. The highest BCUT2D eigenvalue weighted by atomic mass is 32.1. The Kier molecular flexibility index (Phi) is 6.15. The van der Waals surface area contributed by atoms with Crippen LogP contribution >= 0.6 is 11.3 Å². The van der Waals surface area contributed by atoms with Crippen LogP contribution in [0.25, 0.3) is 6.08 Å². The molecule has 1 saturated carbocycles. The minimum Gasteiger partial charge on any atom is -0.461 e. The molecule has 1 aliphatic carbocycles. The number of esters is 1. The fourth-order valence-electron chi connectivity index (χ4n) is 2.57. The molecule has 1 fully saturated rings. The van der Waals surface area contributed by atoms with Crippen molar-refractivity contribution in [2.75, 3.05) is 6.61 Å². The third-order valence-electron chi connectivity index (χ3n) is 4.13. The predicted octanol–water partition coefficient (Wildman–Crippen LogP) is 3.43. The Morgan fingerprint density at radius 2 is 2.07 bits per heavy atom. The molecule has 8 nitrogen and oxygen atoms in total. The van der Waals surface area contributed by atoms with E-state index in [9.17, 15) is 19.7 Å². The molecule has 9 heteroatoms. The van der Waals surface area contributed by atoms with Gasteiger partial charge in [-0.25, -0.2) is 9.78 Å². The van der Waals surface area contributed by atoms with Crippen molar-refractivity contribution in [2.45, 2.75) is 32.4 Å². The Bertz CT molecular complexity index is 903. The maximum absolute atomic E-state index is 12.6. The fraction of sp³-hybridized carbons (Fsp3) is 0.316. The average Bonchev–Trinajstić information content (AvgIpc) is 3.42. The lowest BCUT2D eigenvalue weighted by Gasteiger charge is -2.19. The van der Waals surface area contributed by atoms with Crippen molar-refractivity contribution in [3.8, 4) is 0 Å². The lowest BCUT2D eigenvalue weighted by atomic mass is 10.2. The van der Waals surface area contributed by atoms with Crippen LogP contribution in [0, 0.1) is 10.1 Å². The zero-order valence-electron chi connectivity index (χ0n) is 15.2. The second kappa shape index (κ2) is 8.75. The van der Waals surface area contributed by atoms with E-state index in [0.29, 0.717) is 17.1 Å². The zero-order chi connectivity index (χ0) is 20.1. The van der Waals surface area contributed by atoms with Gasteiger partial charge in [0, 0.05) is 29.6 Å². The molecular weight excluding hydrogens is 382 g/mol. The minimum atomic E-state index is -0.466. The van der Waals surface area contributed by atoms with Crippen LogP contribution in [-0.4, -0.2) is 39.3 Å². The Morgan fingerprint density at radius 3 is 2.68 bits per heavy atom. The maximum atomic E-state index is 12.6. The molecule has 1 aromatic carbocycles. The fourth-order valence-corrected chi connectivity index (χ4v) is 3.33. The maximum Gasteiger partial charge on any atom is 0.357 e. The van der Waals surface area contributed by atoms with Crippen LogP contribution in [0.15, 0.2) is 35.7 Å². The molecule has 0 bridgehead atoms. The van der Waals surface area contributed by atoms with E-state index < -0.39 is 10.9 Å². The molecule has 146 valence electrons. The van der Waals surface area contributed by atoms with Crippen LogP contribution in [0.5, 0.6) is 0 Å². The number of amides is 1. The number of ether oxygens (including phenoxy) is 1. The molecule has 0 radical (unpaired) electrons. The van der Waals surface area contributed by atoms with Gasteiger partial charge in [-0.3, -0.25) is 14.9 Å². The summed E-state index contributed by atoms with van der Waals surface area (Å²) >= 11 is 1.32. The van der Waals surface area contributed by atoms with Gasteiger partial charge in [0.1, 0.15) is 5.01 Å². The van der Waals surface area contributed by atoms with Gasteiger partial charge in [0.15, 0.2) is 5.69 Å². The van der Waals surface area contributed by atoms with Crippen molar-refractivity contribution < 1.29 is 19.2 Å². The van der Waals surface area contributed by atoms with Gasteiger partial charge in [-0.1, -0.05) is 0 Å².